The lowest BCUT2D eigenvalue weighted by atomic mass is 10.2. The Morgan fingerprint density at radius 3 is 2.67 bits per heavy atom. The molecule has 0 spiro atoms. The SMILES string of the molecule is O=C(O)Cc1cc(O)c(C(F)F)nc1I. The number of aliphatic carboxylic acids is 1. The van der Waals surface area contributed by atoms with Crippen molar-refractivity contribution in [2.75, 3.05) is 0 Å². The lowest BCUT2D eigenvalue weighted by molar-refractivity contribution is -0.136. The first-order valence-electron chi connectivity index (χ1n) is 3.80. The quantitative estimate of drug-likeness (QED) is 0.657. The number of aromatic nitrogens is 1. The second-order valence-corrected chi connectivity index (χ2v) is 3.74. The monoisotopic (exact) mass is 329 g/mol. The molecule has 0 amide bonds. The van der Waals surface area contributed by atoms with Gasteiger partial charge < -0.3 is 10.2 Å². The number of hydrogen-bond donors (Lipinski definition) is 2. The number of alkyl halides is 2. The van der Waals surface area contributed by atoms with Gasteiger partial charge in [0, 0.05) is 0 Å². The molecule has 7 heteroatoms. The Morgan fingerprint density at radius 1 is 1.60 bits per heavy atom. The van der Waals surface area contributed by atoms with Gasteiger partial charge in [0.1, 0.15) is 15.1 Å². The van der Waals surface area contributed by atoms with Gasteiger partial charge in [0.05, 0.1) is 6.42 Å². The normalized spacial score (nSPS) is 10.7. The molecular weight excluding hydrogens is 323 g/mol. The molecule has 0 aliphatic rings. The van der Waals surface area contributed by atoms with Crippen molar-refractivity contribution in [3.8, 4) is 5.75 Å². The van der Waals surface area contributed by atoms with Crippen LogP contribution in [0.3, 0.4) is 0 Å². The average Bonchev–Trinajstić information content (AvgIpc) is 2.09. The molecule has 1 aromatic heterocycles. The Labute approximate surface area is 97.1 Å². The number of aromatic hydroxyl groups is 1. The van der Waals surface area contributed by atoms with Gasteiger partial charge in [-0.2, -0.15) is 0 Å². The minimum atomic E-state index is -2.88. The van der Waals surface area contributed by atoms with Crippen LogP contribution in [-0.4, -0.2) is 21.2 Å². The van der Waals surface area contributed by atoms with Crippen molar-refractivity contribution in [1.82, 2.24) is 4.98 Å². The maximum atomic E-state index is 12.3. The fourth-order valence-corrected chi connectivity index (χ4v) is 1.59. The Hall–Kier alpha value is -0.990. The molecule has 1 aromatic rings. The van der Waals surface area contributed by atoms with Crippen molar-refractivity contribution in [3.63, 3.8) is 0 Å². The van der Waals surface area contributed by atoms with Crippen LogP contribution in [0.2, 0.25) is 0 Å². The van der Waals surface area contributed by atoms with Gasteiger partial charge in [-0.1, -0.05) is 0 Å². The lowest BCUT2D eigenvalue weighted by Gasteiger charge is -2.06. The van der Waals surface area contributed by atoms with Crippen molar-refractivity contribution in [3.05, 3.63) is 21.0 Å². The molecule has 15 heavy (non-hydrogen) atoms. The minimum absolute atomic E-state index is 0.156. The summed E-state index contributed by atoms with van der Waals surface area (Å²) in [5.41, 5.74) is -0.515. The molecule has 0 unspecified atom stereocenters. The van der Waals surface area contributed by atoms with E-state index in [2.05, 4.69) is 4.98 Å². The maximum absolute atomic E-state index is 12.3. The number of nitrogens with zero attached hydrogens (tertiary/aromatic N) is 1. The molecule has 0 aliphatic carbocycles. The van der Waals surface area contributed by atoms with Crippen LogP contribution in [-0.2, 0) is 11.2 Å². The Morgan fingerprint density at radius 2 is 2.20 bits per heavy atom. The van der Waals surface area contributed by atoms with E-state index < -0.39 is 23.8 Å². The predicted octanol–water partition coefficient (Wildman–Crippen LogP) is 1.96. The van der Waals surface area contributed by atoms with Crippen LogP contribution in [0, 0.1) is 3.70 Å². The molecule has 0 aliphatic heterocycles. The molecule has 1 heterocycles. The molecule has 0 aromatic carbocycles. The van der Waals surface area contributed by atoms with Crippen molar-refractivity contribution >= 4 is 28.6 Å². The third-order valence-corrected chi connectivity index (χ3v) is 2.54. The zero-order valence-electron chi connectivity index (χ0n) is 7.25. The number of carboxylic acid groups (broad SMARTS) is 1. The fraction of sp³-hybridized carbons (Fsp3) is 0.250. The van der Waals surface area contributed by atoms with Gasteiger partial charge in [-0.15, -0.1) is 0 Å². The zero-order chi connectivity index (χ0) is 11.6. The number of carbonyl (C=O) groups is 1. The summed E-state index contributed by atoms with van der Waals surface area (Å²) in [6.45, 7) is 0. The maximum Gasteiger partial charge on any atom is 0.307 e. The summed E-state index contributed by atoms with van der Waals surface area (Å²) in [7, 11) is 0. The van der Waals surface area contributed by atoms with Crippen molar-refractivity contribution in [1.29, 1.82) is 0 Å². The van der Waals surface area contributed by atoms with Crippen molar-refractivity contribution < 1.29 is 23.8 Å². The van der Waals surface area contributed by atoms with E-state index in [4.69, 9.17) is 10.2 Å². The first kappa shape index (κ1) is 12.1. The largest absolute Gasteiger partial charge is 0.506 e. The Kier molecular flexibility index (Phi) is 3.77. The Balaban J connectivity index is 3.13. The first-order valence-corrected chi connectivity index (χ1v) is 4.88. The van der Waals surface area contributed by atoms with Gasteiger partial charge in [0.2, 0.25) is 0 Å². The highest BCUT2D eigenvalue weighted by atomic mass is 127. The molecule has 4 nitrogen and oxygen atoms in total. The topological polar surface area (TPSA) is 70.4 Å². The summed E-state index contributed by atoms with van der Waals surface area (Å²) >= 11 is 1.65. The molecule has 1 rings (SSSR count). The van der Waals surface area contributed by atoms with E-state index in [0.717, 1.165) is 6.07 Å². The summed E-state index contributed by atoms with van der Waals surface area (Å²) in [5, 5.41) is 17.7. The van der Waals surface area contributed by atoms with Gasteiger partial charge in [0.25, 0.3) is 6.43 Å². The third kappa shape index (κ3) is 2.98. The fourth-order valence-electron chi connectivity index (χ4n) is 0.981. The highest BCUT2D eigenvalue weighted by molar-refractivity contribution is 14.1. The average molecular weight is 329 g/mol. The van der Waals surface area contributed by atoms with E-state index in [1.807, 2.05) is 0 Å². The van der Waals surface area contributed by atoms with Crippen LogP contribution in [0.15, 0.2) is 6.07 Å². The van der Waals surface area contributed by atoms with E-state index >= 15 is 0 Å². The summed E-state index contributed by atoms with van der Waals surface area (Å²) in [6, 6.07) is 1.00. The molecule has 2 N–H and O–H groups in total. The summed E-state index contributed by atoms with van der Waals surface area (Å²) in [6.07, 6.45) is -3.24. The predicted molar refractivity (Wildman–Crippen MR) is 54.9 cm³/mol. The first-order chi connectivity index (χ1) is 6.91. The second kappa shape index (κ2) is 4.69. The molecule has 0 saturated carbocycles. The van der Waals surface area contributed by atoms with Crippen LogP contribution in [0.4, 0.5) is 8.78 Å². The van der Waals surface area contributed by atoms with Gasteiger partial charge >= 0.3 is 5.97 Å². The van der Waals surface area contributed by atoms with Crippen molar-refractivity contribution in [2.45, 2.75) is 12.8 Å². The number of halogens is 3. The van der Waals surface area contributed by atoms with E-state index in [0.29, 0.717) is 0 Å². The van der Waals surface area contributed by atoms with E-state index in [1.165, 1.54) is 0 Å². The minimum Gasteiger partial charge on any atom is -0.506 e. The third-order valence-electron chi connectivity index (χ3n) is 1.61. The van der Waals surface area contributed by atoms with Crippen LogP contribution < -0.4 is 0 Å². The summed E-state index contributed by atoms with van der Waals surface area (Å²) in [4.78, 5) is 13.8. The molecule has 0 atom stereocenters. The van der Waals surface area contributed by atoms with Gasteiger partial charge in [0.15, 0.2) is 0 Å². The molecule has 0 saturated heterocycles. The van der Waals surface area contributed by atoms with Crippen LogP contribution in [0.5, 0.6) is 5.75 Å². The van der Waals surface area contributed by atoms with Gasteiger partial charge in [-0.3, -0.25) is 4.79 Å². The van der Waals surface area contributed by atoms with E-state index in [9.17, 15) is 13.6 Å². The lowest BCUT2D eigenvalue weighted by Crippen LogP contribution is -2.05. The van der Waals surface area contributed by atoms with Crippen LogP contribution in [0.25, 0.3) is 0 Å². The zero-order valence-corrected chi connectivity index (χ0v) is 9.40. The number of rotatable bonds is 3. The smallest absolute Gasteiger partial charge is 0.307 e. The standard InChI is InChI=1S/C8H6F2INO3/c9-7(10)6-4(13)1-3(2-5(14)15)8(11)12-6/h1,7,13H,2H2,(H,14,15). The number of pyridine rings is 1. The van der Waals surface area contributed by atoms with Crippen molar-refractivity contribution in [2.24, 2.45) is 0 Å². The number of carboxylic acids is 1. The van der Waals surface area contributed by atoms with E-state index in [-0.39, 0.29) is 15.7 Å². The molecule has 82 valence electrons. The number of hydrogen-bond acceptors (Lipinski definition) is 3. The molecule has 0 fully saturated rings. The highest BCUT2D eigenvalue weighted by Gasteiger charge is 2.18. The van der Waals surface area contributed by atoms with Gasteiger partial charge in [-0.05, 0) is 34.2 Å². The molecule has 0 bridgehead atoms. The van der Waals surface area contributed by atoms with Crippen LogP contribution >= 0.6 is 22.6 Å². The highest BCUT2D eigenvalue weighted by Crippen LogP contribution is 2.28. The van der Waals surface area contributed by atoms with Crippen LogP contribution in [0.1, 0.15) is 17.7 Å². The summed E-state index contributed by atoms with van der Waals surface area (Å²) < 4.78 is 24.7. The molecular formula is C8H6F2INO3. The van der Waals surface area contributed by atoms with Gasteiger partial charge in [-0.25, -0.2) is 13.8 Å². The molecule has 0 radical (unpaired) electrons. The summed E-state index contributed by atoms with van der Waals surface area (Å²) in [5.74, 6) is -1.79. The van der Waals surface area contributed by atoms with E-state index in [1.54, 1.807) is 22.6 Å². The Bertz CT molecular complexity index is 398. The second-order valence-electron chi connectivity index (χ2n) is 2.71.